The SMILES string of the molecule is COc1ccc(-c2cc(NC(=O)c3cn[nH]c3-c3ccc4c(c3)OCCO4)ccc2OC(F)F)cc1. The Morgan fingerprint density at radius 2 is 1.75 bits per heavy atom. The summed E-state index contributed by atoms with van der Waals surface area (Å²) in [6.07, 6.45) is 1.42. The summed E-state index contributed by atoms with van der Waals surface area (Å²) in [4.78, 5) is 13.2. The van der Waals surface area contributed by atoms with Gasteiger partial charge in [-0.05, 0) is 54.1 Å². The highest BCUT2D eigenvalue weighted by Gasteiger charge is 2.20. The monoisotopic (exact) mass is 493 g/mol. The van der Waals surface area contributed by atoms with Gasteiger partial charge in [0.1, 0.15) is 24.7 Å². The number of aromatic nitrogens is 2. The van der Waals surface area contributed by atoms with Crippen molar-refractivity contribution in [2.45, 2.75) is 6.61 Å². The molecule has 0 unspecified atom stereocenters. The summed E-state index contributed by atoms with van der Waals surface area (Å²) in [7, 11) is 1.53. The van der Waals surface area contributed by atoms with Gasteiger partial charge in [0.2, 0.25) is 0 Å². The van der Waals surface area contributed by atoms with E-state index in [9.17, 15) is 13.6 Å². The number of amides is 1. The van der Waals surface area contributed by atoms with Crippen LogP contribution in [0.15, 0.2) is 66.9 Å². The van der Waals surface area contributed by atoms with Crippen molar-refractivity contribution in [3.8, 4) is 45.4 Å². The van der Waals surface area contributed by atoms with Crippen LogP contribution in [0.5, 0.6) is 23.0 Å². The molecule has 0 saturated heterocycles. The molecule has 0 spiro atoms. The molecule has 1 aliphatic rings. The number of anilines is 1. The molecule has 5 rings (SSSR count). The summed E-state index contributed by atoms with van der Waals surface area (Å²) in [5.74, 6) is 1.38. The molecule has 1 amide bonds. The van der Waals surface area contributed by atoms with Crippen molar-refractivity contribution in [3.63, 3.8) is 0 Å². The summed E-state index contributed by atoms with van der Waals surface area (Å²) in [5, 5.41) is 9.69. The number of methoxy groups -OCH3 is 1. The fourth-order valence-corrected chi connectivity index (χ4v) is 3.88. The second-order valence-electron chi connectivity index (χ2n) is 7.79. The number of nitrogens with one attached hydrogen (secondary N) is 2. The number of carbonyl (C=O) groups excluding carboxylic acids is 1. The first-order valence-corrected chi connectivity index (χ1v) is 11.0. The van der Waals surface area contributed by atoms with E-state index in [4.69, 9.17) is 18.9 Å². The Bertz CT molecular complexity index is 1390. The lowest BCUT2D eigenvalue weighted by Gasteiger charge is -2.18. The minimum absolute atomic E-state index is 0.0200. The molecule has 0 fully saturated rings. The largest absolute Gasteiger partial charge is 0.497 e. The molecule has 3 aromatic carbocycles. The Balaban J connectivity index is 1.43. The van der Waals surface area contributed by atoms with Gasteiger partial charge in [0, 0.05) is 16.8 Å². The Morgan fingerprint density at radius 1 is 1.00 bits per heavy atom. The highest BCUT2D eigenvalue weighted by atomic mass is 19.3. The molecule has 0 aliphatic carbocycles. The van der Waals surface area contributed by atoms with Gasteiger partial charge in [0.15, 0.2) is 11.5 Å². The zero-order valence-corrected chi connectivity index (χ0v) is 19.1. The second-order valence-corrected chi connectivity index (χ2v) is 7.79. The lowest BCUT2D eigenvalue weighted by Crippen LogP contribution is -2.15. The van der Waals surface area contributed by atoms with E-state index in [0.717, 1.165) is 0 Å². The second kappa shape index (κ2) is 9.95. The number of halogens is 2. The van der Waals surface area contributed by atoms with Crippen molar-refractivity contribution in [3.05, 3.63) is 72.4 Å². The number of nitrogens with zero attached hydrogens (tertiary/aromatic N) is 1. The number of alkyl halides is 2. The molecule has 0 bridgehead atoms. The molecule has 1 aliphatic heterocycles. The summed E-state index contributed by atoms with van der Waals surface area (Å²) in [5.41, 5.74) is 2.88. The van der Waals surface area contributed by atoms with Gasteiger partial charge in [0.25, 0.3) is 5.91 Å². The van der Waals surface area contributed by atoms with E-state index in [2.05, 4.69) is 15.5 Å². The van der Waals surface area contributed by atoms with Gasteiger partial charge in [-0.25, -0.2) is 0 Å². The van der Waals surface area contributed by atoms with E-state index in [1.165, 1.54) is 25.4 Å². The van der Waals surface area contributed by atoms with E-state index in [-0.39, 0.29) is 5.75 Å². The molecule has 10 heteroatoms. The zero-order valence-electron chi connectivity index (χ0n) is 19.1. The molecule has 1 aromatic heterocycles. The maximum Gasteiger partial charge on any atom is 0.387 e. The van der Waals surface area contributed by atoms with Gasteiger partial charge in [-0.1, -0.05) is 12.1 Å². The Kier molecular flexibility index (Phi) is 6.40. The number of fused-ring (bicyclic) bond motifs is 1. The smallest absolute Gasteiger partial charge is 0.387 e. The fraction of sp³-hybridized carbons (Fsp3) is 0.154. The number of rotatable bonds is 7. The maximum absolute atomic E-state index is 13.2. The summed E-state index contributed by atoms with van der Waals surface area (Å²) in [6.45, 7) is -2.08. The van der Waals surface area contributed by atoms with Crippen LogP contribution in [-0.4, -0.2) is 43.0 Å². The summed E-state index contributed by atoms with van der Waals surface area (Å²) >= 11 is 0. The molecule has 0 radical (unpaired) electrons. The van der Waals surface area contributed by atoms with E-state index >= 15 is 0 Å². The molecular weight excluding hydrogens is 472 g/mol. The van der Waals surface area contributed by atoms with Gasteiger partial charge >= 0.3 is 6.61 Å². The summed E-state index contributed by atoms with van der Waals surface area (Å²) in [6, 6.07) is 16.6. The topological polar surface area (TPSA) is 94.7 Å². The molecular formula is C26H21F2N3O5. The van der Waals surface area contributed by atoms with Crippen LogP contribution in [-0.2, 0) is 0 Å². The Morgan fingerprint density at radius 3 is 2.50 bits per heavy atom. The third kappa shape index (κ3) is 4.78. The first-order chi connectivity index (χ1) is 17.5. The predicted octanol–water partition coefficient (Wildman–Crippen LogP) is 5.38. The molecule has 36 heavy (non-hydrogen) atoms. The van der Waals surface area contributed by atoms with Crippen LogP contribution in [0.25, 0.3) is 22.4 Å². The van der Waals surface area contributed by atoms with Crippen molar-refractivity contribution < 1.29 is 32.5 Å². The van der Waals surface area contributed by atoms with Gasteiger partial charge in [-0.3, -0.25) is 9.89 Å². The van der Waals surface area contributed by atoms with Crippen molar-refractivity contribution in [2.75, 3.05) is 25.6 Å². The van der Waals surface area contributed by atoms with Crippen molar-refractivity contribution in [1.82, 2.24) is 10.2 Å². The average Bonchev–Trinajstić information content (AvgIpc) is 3.39. The lowest BCUT2D eigenvalue weighted by molar-refractivity contribution is -0.0494. The third-order valence-electron chi connectivity index (χ3n) is 5.57. The number of carbonyl (C=O) groups is 1. The normalized spacial score (nSPS) is 12.3. The third-order valence-corrected chi connectivity index (χ3v) is 5.57. The minimum atomic E-state index is -3.00. The molecule has 184 valence electrons. The molecule has 0 atom stereocenters. The molecule has 0 saturated carbocycles. The standard InChI is InChI=1S/C26H21F2N3O5/c1-33-18-6-2-15(3-7-18)19-13-17(5-9-21(19)36-26(27)28)30-25(32)20-14-29-31-24(20)16-4-8-22-23(12-16)35-11-10-34-22/h2-9,12-14,26H,10-11H2,1H3,(H,29,31)(H,30,32). The lowest BCUT2D eigenvalue weighted by atomic mass is 10.0. The average molecular weight is 493 g/mol. The van der Waals surface area contributed by atoms with E-state index in [1.807, 2.05) is 0 Å². The number of H-pyrrole nitrogens is 1. The van der Waals surface area contributed by atoms with E-state index in [0.29, 0.717) is 64.1 Å². The number of aromatic amines is 1. The predicted molar refractivity (Wildman–Crippen MR) is 128 cm³/mol. The van der Waals surface area contributed by atoms with Crippen molar-refractivity contribution in [2.24, 2.45) is 0 Å². The highest BCUT2D eigenvalue weighted by molar-refractivity contribution is 6.08. The number of benzene rings is 3. The van der Waals surface area contributed by atoms with Crippen LogP contribution in [0, 0.1) is 0 Å². The summed E-state index contributed by atoms with van der Waals surface area (Å²) < 4.78 is 47.1. The van der Waals surface area contributed by atoms with Gasteiger partial charge in [0.05, 0.1) is 24.6 Å². The van der Waals surface area contributed by atoms with Crippen LogP contribution in [0.4, 0.5) is 14.5 Å². The molecule has 2 N–H and O–H groups in total. The first kappa shape index (κ1) is 23.2. The first-order valence-electron chi connectivity index (χ1n) is 11.0. The number of hydrogen-bond donors (Lipinski definition) is 2. The van der Waals surface area contributed by atoms with Gasteiger partial charge in [-0.15, -0.1) is 0 Å². The zero-order chi connectivity index (χ0) is 25.1. The Hall–Kier alpha value is -4.60. The molecule has 2 heterocycles. The minimum Gasteiger partial charge on any atom is -0.497 e. The number of hydrogen-bond acceptors (Lipinski definition) is 6. The quantitative estimate of drug-likeness (QED) is 0.359. The fourth-order valence-electron chi connectivity index (χ4n) is 3.88. The molecule has 8 nitrogen and oxygen atoms in total. The van der Waals surface area contributed by atoms with Crippen molar-refractivity contribution >= 4 is 11.6 Å². The molecule has 4 aromatic rings. The van der Waals surface area contributed by atoms with E-state index in [1.54, 1.807) is 48.5 Å². The van der Waals surface area contributed by atoms with Crippen LogP contribution in [0.2, 0.25) is 0 Å². The van der Waals surface area contributed by atoms with Crippen LogP contribution in [0.1, 0.15) is 10.4 Å². The van der Waals surface area contributed by atoms with Crippen LogP contribution < -0.4 is 24.3 Å². The highest BCUT2D eigenvalue weighted by Crippen LogP contribution is 2.36. The van der Waals surface area contributed by atoms with Gasteiger partial charge in [-0.2, -0.15) is 13.9 Å². The van der Waals surface area contributed by atoms with Gasteiger partial charge < -0.3 is 24.3 Å². The van der Waals surface area contributed by atoms with Crippen LogP contribution >= 0.6 is 0 Å². The number of ether oxygens (including phenoxy) is 4. The van der Waals surface area contributed by atoms with E-state index < -0.39 is 12.5 Å². The van der Waals surface area contributed by atoms with Crippen molar-refractivity contribution in [1.29, 1.82) is 0 Å². The Labute approximate surface area is 204 Å². The maximum atomic E-state index is 13.2. The van der Waals surface area contributed by atoms with Crippen LogP contribution in [0.3, 0.4) is 0 Å².